The van der Waals surface area contributed by atoms with E-state index in [0.29, 0.717) is 10.7 Å². The molecule has 0 saturated heterocycles. The van der Waals surface area contributed by atoms with Crippen molar-refractivity contribution in [3.8, 4) is 0 Å². The highest BCUT2D eigenvalue weighted by Crippen LogP contribution is 2.48. The zero-order valence-corrected chi connectivity index (χ0v) is 21.4. The molecule has 5 heteroatoms. The predicted octanol–water partition coefficient (Wildman–Crippen LogP) is 10.2. The van der Waals surface area contributed by atoms with Gasteiger partial charge in [0.15, 0.2) is 0 Å². The van der Waals surface area contributed by atoms with Crippen molar-refractivity contribution in [2.45, 2.75) is 6.88 Å². The van der Waals surface area contributed by atoms with Gasteiger partial charge in [-0.2, -0.15) is 0 Å². The number of halogens is 1. The Bertz CT molecular complexity index is 1670. The van der Waals surface area contributed by atoms with Gasteiger partial charge in [-0.3, -0.25) is 4.98 Å². The standard InChI is InChI=1S/C32H24ClN3S/c1-23-31-29(22-37-30(31)20-21-34-23)36(26-16-9-4-10-17-26)28-19-11-18-27(32(28)33)35(24-12-5-2-6-13-24)25-14-7-3-8-15-25/h2-22H,1H3/i1D2. The summed E-state index contributed by atoms with van der Waals surface area (Å²) in [5.74, 6) is 0. The van der Waals surface area contributed by atoms with E-state index >= 15 is 0 Å². The molecule has 0 bridgehead atoms. The number of thiophene rings is 1. The SMILES string of the molecule is [2H]C([2H])c1nccc2scc(N(c3ccccc3)c3cccc(N(c4ccccc4)c4ccccc4)c3Cl)c12. The third kappa shape index (κ3) is 4.35. The summed E-state index contributed by atoms with van der Waals surface area (Å²) in [7, 11) is 0. The first kappa shape index (κ1) is 21.0. The van der Waals surface area contributed by atoms with Crippen LogP contribution >= 0.6 is 22.9 Å². The molecule has 0 aliphatic heterocycles. The van der Waals surface area contributed by atoms with Gasteiger partial charge in [-0.15, -0.1) is 11.3 Å². The summed E-state index contributed by atoms with van der Waals surface area (Å²) in [6.07, 6.45) is 1.67. The lowest BCUT2D eigenvalue weighted by Gasteiger charge is -2.30. The summed E-state index contributed by atoms with van der Waals surface area (Å²) in [6.45, 7) is -1.21. The van der Waals surface area contributed by atoms with Gasteiger partial charge in [-0.1, -0.05) is 72.3 Å². The molecule has 0 aliphatic carbocycles. The van der Waals surface area contributed by atoms with E-state index < -0.39 is 6.88 Å². The van der Waals surface area contributed by atoms with Gasteiger partial charge in [0, 0.05) is 47.2 Å². The van der Waals surface area contributed by atoms with Crippen molar-refractivity contribution in [2.75, 3.05) is 9.80 Å². The number of hydrogen-bond acceptors (Lipinski definition) is 4. The van der Waals surface area contributed by atoms with Gasteiger partial charge in [-0.25, -0.2) is 0 Å². The first-order chi connectivity index (χ1) is 19.1. The van der Waals surface area contributed by atoms with Crippen LogP contribution in [-0.2, 0) is 0 Å². The van der Waals surface area contributed by atoms with E-state index in [1.165, 1.54) is 0 Å². The van der Waals surface area contributed by atoms with Crippen LogP contribution in [0.5, 0.6) is 0 Å². The zero-order chi connectivity index (χ0) is 26.8. The molecule has 4 aromatic carbocycles. The molecule has 6 aromatic rings. The third-order valence-corrected chi connectivity index (χ3v) is 7.54. The van der Waals surface area contributed by atoms with Gasteiger partial charge < -0.3 is 9.80 Å². The van der Waals surface area contributed by atoms with Crippen molar-refractivity contribution in [3.05, 3.63) is 138 Å². The monoisotopic (exact) mass is 519 g/mol. The van der Waals surface area contributed by atoms with Gasteiger partial charge in [0.1, 0.15) is 0 Å². The molecule has 2 aromatic heterocycles. The number of hydrogen-bond donors (Lipinski definition) is 0. The minimum Gasteiger partial charge on any atom is -0.309 e. The Labute approximate surface area is 228 Å². The van der Waals surface area contributed by atoms with E-state index in [4.69, 9.17) is 14.3 Å². The molecule has 0 radical (unpaired) electrons. The smallest absolute Gasteiger partial charge is 0.0887 e. The summed E-state index contributed by atoms with van der Waals surface area (Å²) in [4.78, 5) is 8.67. The van der Waals surface area contributed by atoms with Crippen molar-refractivity contribution < 1.29 is 2.74 Å². The second-order valence-corrected chi connectivity index (χ2v) is 9.77. The average Bonchev–Trinajstić information content (AvgIpc) is 3.41. The minimum atomic E-state index is -1.21. The number of benzene rings is 4. The van der Waals surface area contributed by atoms with Crippen LogP contribution in [0.4, 0.5) is 34.1 Å². The van der Waals surface area contributed by atoms with Crippen molar-refractivity contribution in [1.29, 1.82) is 0 Å². The van der Waals surface area contributed by atoms with Crippen molar-refractivity contribution >= 4 is 67.1 Å². The molecule has 180 valence electrons. The quantitative estimate of drug-likeness (QED) is 0.218. The normalized spacial score (nSPS) is 11.8. The molecule has 0 N–H and O–H groups in total. The number of nitrogens with zero attached hydrogens (tertiary/aromatic N) is 3. The number of aryl methyl sites for hydroxylation is 1. The number of para-hydroxylation sites is 3. The lowest BCUT2D eigenvalue weighted by molar-refractivity contribution is 1.23. The number of aromatic nitrogens is 1. The Morgan fingerprint density at radius 1 is 0.649 bits per heavy atom. The number of anilines is 6. The molecule has 0 aliphatic rings. The number of pyridine rings is 1. The molecule has 0 atom stereocenters. The van der Waals surface area contributed by atoms with Crippen LogP contribution in [0.25, 0.3) is 10.1 Å². The van der Waals surface area contributed by atoms with Crippen LogP contribution in [0.15, 0.2) is 127 Å². The molecule has 2 heterocycles. The average molecular weight is 520 g/mol. The summed E-state index contributed by atoms with van der Waals surface area (Å²) in [5, 5.41) is 3.43. The highest BCUT2D eigenvalue weighted by atomic mass is 35.5. The van der Waals surface area contributed by atoms with E-state index in [0.717, 1.165) is 44.2 Å². The fourth-order valence-corrected chi connectivity index (χ4v) is 5.80. The topological polar surface area (TPSA) is 19.4 Å². The van der Waals surface area contributed by atoms with E-state index in [-0.39, 0.29) is 0 Å². The van der Waals surface area contributed by atoms with Gasteiger partial charge in [0.25, 0.3) is 0 Å². The second-order valence-electron chi connectivity index (χ2n) is 8.48. The van der Waals surface area contributed by atoms with Gasteiger partial charge in [0.2, 0.25) is 0 Å². The Morgan fingerprint density at radius 3 is 1.76 bits per heavy atom. The molecule has 6 rings (SSSR count). The van der Waals surface area contributed by atoms with Crippen molar-refractivity contribution in [1.82, 2.24) is 4.98 Å². The fourth-order valence-electron chi connectivity index (χ4n) is 4.58. The molecule has 37 heavy (non-hydrogen) atoms. The Hall–Kier alpha value is -4.12. The second kappa shape index (κ2) is 10.1. The minimum absolute atomic E-state index is 0.423. The molecule has 0 unspecified atom stereocenters. The van der Waals surface area contributed by atoms with Crippen LogP contribution in [0.1, 0.15) is 8.44 Å². The third-order valence-electron chi connectivity index (χ3n) is 6.22. The molecule has 0 saturated carbocycles. The van der Waals surface area contributed by atoms with E-state index in [9.17, 15) is 0 Å². The highest BCUT2D eigenvalue weighted by Gasteiger charge is 2.24. The predicted molar refractivity (Wildman–Crippen MR) is 159 cm³/mol. The lowest BCUT2D eigenvalue weighted by Crippen LogP contribution is -2.14. The van der Waals surface area contributed by atoms with Gasteiger partial charge in [-0.05, 0) is 61.5 Å². The summed E-state index contributed by atoms with van der Waals surface area (Å²) >= 11 is 8.92. The van der Waals surface area contributed by atoms with Crippen molar-refractivity contribution in [2.24, 2.45) is 0 Å². The molecule has 0 spiro atoms. The van der Waals surface area contributed by atoms with E-state index in [1.807, 2.05) is 91.0 Å². The fraction of sp³-hybridized carbons (Fsp3) is 0.0312. The molecular formula is C32H24ClN3S. The Kier molecular flexibility index (Phi) is 5.73. The van der Waals surface area contributed by atoms with E-state index in [1.54, 1.807) is 17.5 Å². The number of fused-ring (bicyclic) bond motifs is 1. The Morgan fingerprint density at radius 2 is 1.19 bits per heavy atom. The zero-order valence-electron chi connectivity index (χ0n) is 21.8. The van der Waals surface area contributed by atoms with E-state index in [2.05, 4.69) is 44.4 Å². The van der Waals surface area contributed by atoms with Crippen LogP contribution in [0.3, 0.4) is 0 Å². The Balaban J connectivity index is 1.60. The molecular weight excluding hydrogens is 494 g/mol. The van der Waals surface area contributed by atoms with Crippen LogP contribution in [0, 0.1) is 6.88 Å². The van der Waals surface area contributed by atoms with Crippen LogP contribution in [0.2, 0.25) is 5.02 Å². The first-order valence-corrected chi connectivity index (χ1v) is 13.1. The first-order valence-electron chi connectivity index (χ1n) is 13.0. The molecule has 0 fully saturated rings. The van der Waals surface area contributed by atoms with Gasteiger partial charge >= 0.3 is 0 Å². The highest BCUT2D eigenvalue weighted by molar-refractivity contribution is 7.17. The molecule has 3 nitrogen and oxygen atoms in total. The van der Waals surface area contributed by atoms with Crippen LogP contribution < -0.4 is 9.80 Å². The summed E-state index contributed by atoms with van der Waals surface area (Å²) in [6, 6.07) is 38.4. The molecule has 0 amide bonds. The van der Waals surface area contributed by atoms with Crippen LogP contribution in [-0.4, -0.2) is 4.98 Å². The summed E-state index contributed by atoms with van der Waals surface area (Å²) < 4.78 is 17.3. The maximum absolute atomic E-state index is 8.17. The summed E-state index contributed by atoms with van der Waals surface area (Å²) in [5.41, 5.74) is 5.80. The van der Waals surface area contributed by atoms with Gasteiger partial charge in [0.05, 0.1) is 22.1 Å². The lowest BCUT2D eigenvalue weighted by atomic mass is 10.1. The maximum Gasteiger partial charge on any atom is 0.0887 e. The number of rotatable bonds is 6. The maximum atomic E-state index is 8.17. The van der Waals surface area contributed by atoms with Crippen molar-refractivity contribution in [3.63, 3.8) is 0 Å². The largest absolute Gasteiger partial charge is 0.309 e.